The summed E-state index contributed by atoms with van der Waals surface area (Å²) in [6.07, 6.45) is 7.14. The van der Waals surface area contributed by atoms with E-state index in [1.165, 1.54) is 14.2 Å². The fourth-order valence-corrected chi connectivity index (χ4v) is 1.35. The zero-order chi connectivity index (χ0) is 15.7. The van der Waals surface area contributed by atoms with Crippen molar-refractivity contribution in [3.05, 3.63) is 35.7 Å². The molecule has 0 saturated heterocycles. The minimum absolute atomic E-state index is 0.137. The molecular weight excluding hydrogens is 260 g/mol. The molecule has 0 aliphatic heterocycles. The summed E-state index contributed by atoms with van der Waals surface area (Å²) >= 11 is 0. The molecule has 0 aromatic carbocycles. The van der Waals surface area contributed by atoms with Crippen molar-refractivity contribution < 1.29 is 24.0 Å². The Bertz CT molecular complexity index is 416. The average molecular weight is 283 g/mol. The lowest BCUT2D eigenvalue weighted by Gasteiger charge is -2.17. The Morgan fingerprint density at radius 1 is 1.00 bits per heavy atom. The Kier molecular flexibility index (Phi) is 8.00. The number of nitrogens with one attached hydrogen (secondary N) is 1. The van der Waals surface area contributed by atoms with E-state index in [-0.39, 0.29) is 5.57 Å². The molecule has 0 spiro atoms. The van der Waals surface area contributed by atoms with Crippen molar-refractivity contribution in [2.75, 3.05) is 42.4 Å². The maximum atomic E-state index is 11.7. The van der Waals surface area contributed by atoms with Gasteiger partial charge in [-0.3, -0.25) is 0 Å². The van der Waals surface area contributed by atoms with Crippen LogP contribution in [0.5, 0.6) is 0 Å². The van der Waals surface area contributed by atoms with Crippen LogP contribution in [0.3, 0.4) is 0 Å². The number of hydrogen-bond acceptors (Lipinski definition) is 5. The summed E-state index contributed by atoms with van der Waals surface area (Å²) in [4.78, 5) is 26.3. The van der Waals surface area contributed by atoms with Gasteiger partial charge in [0.05, 0.1) is 40.2 Å². The quantitative estimate of drug-likeness (QED) is 0.231. The predicted molar refractivity (Wildman–Crippen MR) is 75.8 cm³/mol. The molecule has 20 heavy (non-hydrogen) atoms. The highest BCUT2D eigenvalue weighted by Gasteiger charge is 2.24. The van der Waals surface area contributed by atoms with Gasteiger partial charge in [-0.1, -0.05) is 6.08 Å². The Labute approximate surface area is 119 Å². The first-order chi connectivity index (χ1) is 9.34. The number of esters is 2. The van der Waals surface area contributed by atoms with E-state index in [1.54, 1.807) is 31.1 Å². The summed E-state index contributed by atoms with van der Waals surface area (Å²) in [5.41, 5.74) is 0.281. The first kappa shape index (κ1) is 17.9. The molecule has 6 heteroatoms. The van der Waals surface area contributed by atoms with Crippen molar-refractivity contribution in [2.45, 2.75) is 0 Å². The highest BCUT2D eigenvalue weighted by molar-refractivity contribution is 6.15. The minimum Gasteiger partial charge on any atom is -0.465 e. The lowest BCUT2D eigenvalue weighted by molar-refractivity contribution is -0.801. The number of rotatable bonds is 6. The van der Waals surface area contributed by atoms with Gasteiger partial charge in [0.2, 0.25) is 0 Å². The molecule has 0 aliphatic carbocycles. The molecular formula is C14H23N2O4+. The van der Waals surface area contributed by atoms with Crippen molar-refractivity contribution in [1.29, 1.82) is 0 Å². The third-order valence-corrected chi connectivity index (χ3v) is 2.31. The van der Waals surface area contributed by atoms with E-state index in [0.717, 1.165) is 4.90 Å². The Hall–Kier alpha value is -2.08. The van der Waals surface area contributed by atoms with Gasteiger partial charge in [0, 0.05) is 14.1 Å². The second-order valence-electron chi connectivity index (χ2n) is 4.43. The van der Waals surface area contributed by atoms with E-state index < -0.39 is 11.9 Å². The highest BCUT2D eigenvalue weighted by Crippen LogP contribution is 2.13. The molecule has 0 amide bonds. The van der Waals surface area contributed by atoms with Crippen molar-refractivity contribution in [3.63, 3.8) is 0 Å². The summed E-state index contributed by atoms with van der Waals surface area (Å²) < 4.78 is 9.26. The van der Waals surface area contributed by atoms with Gasteiger partial charge in [0.1, 0.15) is 0 Å². The van der Waals surface area contributed by atoms with Gasteiger partial charge in [0.15, 0.2) is 5.57 Å². The van der Waals surface area contributed by atoms with Crippen molar-refractivity contribution in [3.8, 4) is 0 Å². The molecule has 0 saturated carbocycles. The van der Waals surface area contributed by atoms with E-state index in [4.69, 9.17) is 0 Å². The number of carbonyl (C=O) groups is 2. The minimum atomic E-state index is -0.729. The van der Waals surface area contributed by atoms with Crippen LogP contribution >= 0.6 is 0 Å². The maximum absolute atomic E-state index is 11.7. The predicted octanol–water partition coefficient (Wildman–Crippen LogP) is -0.637. The van der Waals surface area contributed by atoms with Crippen LogP contribution in [0.15, 0.2) is 35.7 Å². The number of nitrogens with zero attached hydrogens (tertiary/aromatic N) is 1. The first-order valence-electron chi connectivity index (χ1n) is 6.08. The van der Waals surface area contributed by atoms with Gasteiger partial charge in [-0.25, -0.2) is 9.59 Å². The lowest BCUT2D eigenvalue weighted by atomic mass is 10.1. The third-order valence-electron chi connectivity index (χ3n) is 2.31. The van der Waals surface area contributed by atoms with Crippen molar-refractivity contribution >= 4 is 11.9 Å². The molecule has 0 aromatic heterocycles. The standard InChI is InChI=1S/C14H22N2O4/c1-15(2)10-8-7-9-11(16(3)4)12(13(17)19-5)14(18)20-6/h7-10H,1-6H3/p+1/b9-7+,10-8?. The zero-order valence-electron chi connectivity index (χ0n) is 12.9. The summed E-state index contributed by atoms with van der Waals surface area (Å²) in [5, 5.41) is 0. The number of carbonyl (C=O) groups excluding carboxylic acids is 2. The monoisotopic (exact) mass is 283 g/mol. The molecule has 112 valence electrons. The van der Waals surface area contributed by atoms with E-state index in [1.807, 2.05) is 26.4 Å². The Balaban J connectivity index is 5.60. The van der Waals surface area contributed by atoms with Crippen LogP contribution in [0.4, 0.5) is 0 Å². The van der Waals surface area contributed by atoms with Crippen molar-refractivity contribution in [2.24, 2.45) is 0 Å². The van der Waals surface area contributed by atoms with Crippen LogP contribution in [0.25, 0.3) is 0 Å². The molecule has 0 aliphatic rings. The summed E-state index contributed by atoms with van der Waals surface area (Å²) in [6, 6.07) is 0. The Morgan fingerprint density at radius 2 is 1.50 bits per heavy atom. The van der Waals surface area contributed by atoms with Crippen LogP contribution in [0.1, 0.15) is 0 Å². The molecule has 0 heterocycles. The number of quaternary nitrogens is 1. The molecule has 0 radical (unpaired) electrons. The van der Waals surface area contributed by atoms with Crippen LogP contribution in [-0.4, -0.2) is 59.2 Å². The fraction of sp³-hybridized carbons (Fsp3) is 0.429. The second kappa shape index (κ2) is 8.92. The van der Waals surface area contributed by atoms with E-state index in [9.17, 15) is 9.59 Å². The lowest BCUT2D eigenvalue weighted by Crippen LogP contribution is -3.00. The fourth-order valence-electron chi connectivity index (χ4n) is 1.35. The van der Waals surface area contributed by atoms with E-state index in [0.29, 0.717) is 5.70 Å². The highest BCUT2D eigenvalue weighted by atomic mass is 16.5. The maximum Gasteiger partial charge on any atom is 0.347 e. The summed E-state index contributed by atoms with van der Waals surface area (Å²) in [6.45, 7) is 0. The molecule has 0 aromatic rings. The Morgan fingerprint density at radius 3 is 1.85 bits per heavy atom. The van der Waals surface area contributed by atoms with Crippen molar-refractivity contribution in [1.82, 2.24) is 4.90 Å². The third kappa shape index (κ3) is 5.71. The average Bonchev–Trinajstić information content (AvgIpc) is 2.40. The van der Waals surface area contributed by atoms with E-state index in [2.05, 4.69) is 9.47 Å². The zero-order valence-corrected chi connectivity index (χ0v) is 12.9. The SMILES string of the molecule is COC(=O)C(C(=O)OC)=C(/C=C/C=C[NH+](C)C)N(C)C. The van der Waals surface area contributed by atoms with Gasteiger partial charge in [-0.15, -0.1) is 0 Å². The molecule has 0 fully saturated rings. The molecule has 1 N–H and O–H groups in total. The molecule has 6 nitrogen and oxygen atoms in total. The number of ether oxygens (including phenoxy) is 2. The first-order valence-corrected chi connectivity index (χ1v) is 6.08. The van der Waals surface area contributed by atoms with Gasteiger partial charge < -0.3 is 19.3 Å². The van der Waals surface area contributed by atoms with Gasteiger partial charge in [-0.05, 0) is 12.2 Å². The second-order valence-corrected chi connectivity index (χ2v) is 4.43. The number of methoxy groups -OCH3 is 2. The van der Waals surface area contributed by atoms with Crippen LogP contribution in [0, 0.1) is 0 Å². The number of hydrogen-bond donors (Lipinski definition) is 1. The van der Waals surface area contributed by atoms with E-state index >= 15 is 0 Å². The van der Waals surface area contributed by atoms with Gasteiger partial charge in [-0.2, -0.15) is 0 Å². The molecule has 0 atom stereocenters. The number of likely N-dealkylation sites (N-methyl/N-ethyl adjacent to an activating group) is 1. The molecule has 0 rings (SSSR count). The summed E-state index contributed by atoms with van der Waals surface area (Å²) in [5.74, 6) is -1.46. The topological polar surface area (TPSA) is 60.3 Å². The normalized spacial score (nSPS) is 10.9. The molecule has 0 unspecified atom stereocenters. The smallest absolute Gasteiger partial charge is 0.347 e. The van der Waals surface area contributed by atoms with Gasteiger partial charge >= 0.3 is 11.9 Å². The molecule has 0 bridgehead atoms. The number of allylic oxidation sites excluding steroid dienone is 3. The largest absolute Gasteiger partial charge is 0.465 e. The van der Waals surface area contributed by atoms with Crippen LogP contribution < -0.4 is 4.90 Å². The van der Waals surface area contributed by atoms with Crippen LogP contribution in [0.2, 0.25) is 0 Å². The van der Waals surface area contributed by atoms with Gasteiger partial charge in [0.25, 0.3) is 0 Å². The summed E-state index contributed by atoms with van der Waals surface area (Å²) in [7, 11) is 9.84. The van der Waals surface area contributed by atoms with Crippen LogP contribution in [-0.2, 0) is 19.1 Å².